The van der Waals surface area contributed by atoms with Crippen molar-refractivity contribution in [1.29, 1.82) is 0 Å². The molecule has 144 valence electrons. The summed E-state index contributed by atoms with van der Waals surface area (Å²) >= 11 is 1.92. The third-order valence-corrected chi connectivity index (χ3v) is 6.92. The van der Waals surface area contributed by atoms with Gasteiger partial charge in [-0.2, -0.15) is 11.8 Å². The lowest BCUT2D eigenvalue weighted by atomic mass is 9.69. The average molecular weight is 385 g/mol. The quantitative estimate of drug-likeness (QED) is 0.736. The minimum absolute atomic E-state index is 0.0999. The summed E-state index contributed by atoms with van der Waals surface area (Å²) in [5, 5.41) is 0.366. The molecule has 1 aromatic carbocycles. The first-order valence-electron chi connectivity index (χ1n) is 9.90. The lowest BCUT2D eigenvalue weighted by Crippen LogP contribution is -2.48. The van der Waals surface area contributed by atoms with E-state index in [2.05, 4.69) is 19.9 Å². The Labute approximate surface area is 166 Å². The van der Waals surface area contributed by atoms with Crippen LogP contribution in [0.4, 0.5) is 0 Å². The van der Waals surface area contributed by atoms with Crippen molar-refractivity contribution >= 4 is 23.9 Å². The Bertz CT molecular complexity index is 799. The molecule has 2 atom stereocenters. The molecule has 1 fully saturated rings. The van der Waals surface area contributed by atoms with Gasteiger partial charge in [-0.25, -0.2) is 4.99 Å². The van der Waals surface area contributed by atoms with E-state index >= 15 is 0 Å². The van der Waals surface area contributed by atoms with Crippen molar-refractivity contribution in [2.75, 3.05) is 26.0 Å². The molecule has 2 unspecified atom stereocenters. The molecule has 0 spiro atoms. The first-order chi connectivity index (χ1) is 13.0. The van der Waals surface area contributed by atoms with E-state index in [4.69, 9.17) is 9.73 Å². The zero-order valence-corrected chi connectivity index (χ0v) is 17.2. The molecule has 4 rings (SSSR count). The summed E-state index contributed by atoms with van der Waals surface area (Å²) in [4.78, 5) is 19.3. The summed E-state index contributed by atoms with van der Waals surface area (Å²) in [7, 11) is 1.90. The molecule has 2 heterocycles. The molecule has 1 aromatic rings. The summed E-state index contributed by atoms with van der Waals surface area (Å²) in [6, 6.07) is 8.03. The van der Waals surface area contributed by atoms with Gasteiger partial charge in [0.2, 0.25) is 5.88 Å². The number of thioether (sulfide) groups is 1. The van der Waals surface area contributed by atoms with Crippen LogP contribution in [0.15, 0.2) is 40.7 Å². The molecule has 0 saturated heterocycles. The smallest absolute Gasteiger partial charge is 0.253 e. The molecular weight excluding hydrogens is 356 g/mol. The number of amides is 1. The molecule has 0 N–H and O–H groups in total. The van der Waals surface area contributed by atoms with Crippen LogP contribution in [-0.2, 0) is 10.2 Å². The fourth-order valence-electron chi connectivity index (χ4n) is 4.20. The Hall–Kier alpha value is -1.75. The van der Waals surface area contributed by atoms with Crippen molar-refractivity contribution in [2.45, 2.75) is 43.8 Å². The molecule has 4 nitrogen and oxygen atoms in total. The van der Waals surface area contributed by atoms with Gasteiger partial charge in [0.05, 0.1) is 6.61 Å². The van der Waals surface area contributed by atoms with Crippen molar-refractivity contribution < 1.29 is 9.53 Å². The largest absolute Gasteiger partial charge is 0.477 e. The summed E-state index contributed by atoms with van der Waals surface area (Å²) in [5.74, 6) is 2.64. The molecule has 3 aliphatic rings. The van der Waals surface area contributed by atoms with Crippen molar-refractivity contribution in [3.63, 3.8) is 0 Å². The van der Waals surface area contributed by atoms with E-state index in [0.717, 1.165) is 35.8 Å². The van der Waals surface area contributed by atoms with Gasteiger partial charge in [-0.1, -0.05) is 25.1 Å². The van der Waals surface area contributed by atoms with Gasteiger partial charge in [0.1, 0.15) is 0 Å². The Balaban J connectivity index is 1.76. The summed E-state index contributed by atoms with van der Waals surface area (Å²) in [6.07, 6.45) is 5.50. The number of carbonyl (C=O) groups is 1. The Kier molecular flexibility index (Phi) is 5.06. The van der Waals surface area contributed by atoms with Gasteiger partial charge in [-0.3, -0.25) is 4.79 Å². The normalized spacial score (nSPS) is 27.7. The standard InChI is InChI=1S/C22H28N2O2S/c1-4-27-16-11-19(20(23-12-16)26-13-15-9-10-15)22(2)14-24(3)21(25)17-7-5-6-8-18(17)22/h5-8,12,15-16H,4,9-11,13-14H2,1-3H3. The third kappa shape index (κ3) is 3.54. The molecular formula is C22H28N2O2S. The number of nitrogens with zero attached hydrogens (tertiary/aromatic N) is 2. The third-order valence-electron chi connectivity index (χ3n) is 5.87. The van der Waals surface area contributed by atoms with E-state index in [1.165, 1.54) is 18.4 Å². The second kappa shape index (κ2) is 7.34. The summed E-state index contributed by atoms with van der Waals surface area (Å²) < 4.78 is 6.21. The van der Waals surface area contributed by atoms with Gasteiger partial charge in [-0.05, 0) is 49.5 Å². The molecule has 1 saturated carbocycles. The maximum Gasteiger partial charge on any atom is 0.253 e. The number of fused-ring (bicyclic) bond motifs is 1. The highest BCUT2D eigenvalue weighted by molar-refractivity contribution is 8.00. The van der Waals surface area contributed by atoms with Crippen molar-refractivity contribution in [1.82, 2.24) is 4.90 Å². The first kappa shape index (κ1) is 18.6. The van der Waals surface area contributed by atoms with Gasteiger partial charge in [-0.15, -0.1) is 0 Å². The van der Waals surface area contributed by atoms with Gasteiger partial charge in [0.25, 0.3) is 5.91 Å². The first-order valence-corrected chi connectivity index (χ1v) is 10.9. The van der Waals surface area contributed by atoms with Crippen LogP contribution in [0.25, 0.3) is 0 Å². The zero-order chi connectivity index (χ0) is 19.0. The minimum Gasteiger partial charge on any atom is -0.477 e. The highest BCUT2D eigenvalue weighted by atomic mass is 32.2. The lowest BCUT2D eigenvalue weighted by Gasteiger charge is -2.43. The van der Waals surface area contributed by atoms with Crippen LogP contribution in [0.1, 0.15) is 49.0 Å². The van der Waals surface area contributed by atoms with Crippen LogP contribution >= 0.6 is 11.8 Å². The average Bonchev–Trinajstić information content (AvgIpc) is 3.50. The van der Waals surface area contributed by atoms with Gasteiger partial charge in [0, 0.05) is 41.6 Å². The van der Waals surface area contributed by atoms with Crippen LogP contribution in [0, 0.1) is 5.92 Å². The van der Waals surface area contributed by atoms with Crippen LogP contribution in [0.2, 0.25) is 0 Å². The van der Waals surface area contributed by atoms with Crippen LogP contribution in [-0.4, -0.2) is 48.2 Å². The predicted molar refractivity (Wildman–Crippen MR) is 111 cm³/mol. The fraction of sp³-hybridized carbons (Fsp3) is 0.545. The Morgan fingerprint density at radius 2 is 2.11 bits per heavy atom. The highest BCUT2D eigenvalue weighted by Gasteiger charge is 2.44. The van der Waals surface area contributed by atoms with Crippen LogP contribution < -0.4 is 0 Å². The van der Waals surface area contributed by atoms with Crippen LogP contribution in [0.3, 0.4) is 0 Å². The van der Waals surface area contributed by atoms with Crippen molar-refractivity contribution in [2.24, 2.45) is 10.9 Å². The molecule has 27 heavy (non-hydrogen) atoms. The van der Waals surface area contributed by atoms with E-state index in [0.29, 0.717) is 17.7 Å². The minimum atomic E-state index is -0.275. The maximum absolute atomic E-state index is 12.7. The second-order valence-electron chi connectivity index (χ2n) is 8.05. The molecule has 2 aliphatic heterocycles. The van der Waals surface area contributed by atoms with E-state index in [9.17, 15) is 4.79 Å². The van der Waals surface area contributed by atoms with E-state index in [1.54, 1.807) is 0 Å². The predicted octanol–water partition coefficient (Wildman–Crippen LogP) is 4.26. The van der Waals surface area contributed by atoms with E-state index in [-0.39, 0.29) is 11.3 Å². The number of hydrogen-bond donors (Lipinski definition) is 0. The van der Waals surface area contributed by atoms with E-state index < -0.39 is 0 Å². The number of ether oxygens (including phenoxy) is 1. The number of carbonyl (C=O) groups excluding carboxylic acids is 1. The maximum atomic E-state index is 12.7. The Morgan fingerprint density at radius 3 is 2.85 bits per heavy atom. The number of rotatable bonds is 6. The molecule has 1 amide bonds. The monoisotopic (exact) mass is 384 g/mol. The molecule has 5 heteroatoms. The number of aliphatic imine (C=N–C) groups is 1. The SMILES string of the molecule is CCSC1C=NC(OCC2CC2)=C(C2(C)CN(C)C(=O)c3ccccc32)C1. The van der Waals surface area contributed by atoms with Crippen molar-refractivity contribution in [3.05, 3.63) is 46.8 Å². The molecule has 0 aromatic heterocycles. The number of benzene rings is 1. The van der Waals surface area contributed by atoms with Crippen LogP contribution in [0.5, 0.6) is 0 Å². The van der Waals surface area contributed by atoms with Crippen molar-refractivity contribution in [3.8, 4) is 0 Å². The molecule has 0 radical (unpaired) electrons. The summed E-state index contributed by atoms with van der Waals surface area (Å²) in [5.41, 5.74) is 2.87. The second-order valence-corrected chi connectivity index (χ2v) is 9.57. The Morgan fingerprint density at radius 1 is 1.33 bits per heavy atom. The summed E-state index contributed by atoms with van der Waals surface area (Å²) in [6.45, 7) is 5.85. The zero-order valence-electron chi connectivity index (χ0n) is 16.4. The topological polar surface area (TPSA) is 41.9 Å². The molecule has 1 aliphatic carbocycles. The van der Waals surface area contributed by atoms with Gasteiger partial charge < -0.3 is 9.64 Å². The lowest BCUT2D eigenvalue weighted by molar-refractivity contribution is 0.0738. The molecule has 0 bridgehead atoms. The van der Waals surface area contributed by atoms with Gasteiger partial charge >= 0.3 is 0 Å². The number of hydrogen-bond acceptors (Lipinski definition) is 4. The highest BCUT2D eigenvalue weighted by Crippen LogP contribution is 2.44. The fourth-order valence-corrected chi connectivity index (χ4v) is 5.06. The number of likely N-dealkylation sites (N-methyl/N-ethyl adjacent to an activating group) is 1. The van der Waals surface area contributed by atoms with Gasteiger partial charge in [0.15, 0.2) is 0 Å². The van der Waals surface area contributed by atoms with E-state index in [1.807, 2.05) is 48.1 Å².